The Labute approximate surface area is 109 Å². The molecule has 0 unspecified atom stereocenters. The summed E-state index contributed by atoms with van der Waals surface area (Å²) in [5.74, 6) is 0. The maximum absolute atomic E-state index is 12.1. The fraction of sp³-hybridized carbons (Fsp3) is 0.333. The number of hydrogen-bond acceptors (Lipinski definition) is 6. The standard InChI is InChI=1S/C9H13N5O2S2/c1-6-11-12-9(17-6)13-18(15,16)8-3-7(4-10)14(2)5-8/h3,5H,4,10H2,1-2H3,(H,12,13). The predicted molar refractivity (Wildman–Crippen MR) is 68.8 cm³/mol. The molecule has 2 rings (SSSR count). The lowest BCUT2D eigenvalue weighted by atomic mass is 10.4. The zero-order valence-corrected chi connectivity index (χ0v) is 11.5. The minimum absolute atomic E-state index is 0.165. The van der Waals surface area contributed by atoms with Gasteiger partial charge < -0.3 is 10.3 Å². The molecule has 0 saturated heterocycles. The van der Waals surface area contributed by atoms with Crippen molar-refractivity contribution in [2.75, 3.05) is 4.72 Å². The monoisotopic (exact) mass is 287 g/mol. The van der Waals surface area contributed by atoms with Crippen molar-refractivity contribution >= 4 is 26.5 Å². The summed E-state index contributed by atoms with van der Waals surface area (Å²) >= 11 is 1.18. The largest absolute Gasteiger partial charge is 0.352 e. The minimum atomic E-state index is -3.63. The number of aromatic nitrogens is 3. The normalized spacial score (nSPS) is 11.7. The number of anilines is 1. The molecule has 18 heavy (non-hydrogen) atoms. The van der Waals surface area contributed by atoms with Crippen LogP contribution in [-0.2, 0) is 23.6 Å². The van der Waals surface area contributed by atoms with Gasteiger partial charge in [-0.05, 0) is 13.0 Å². The predicted octanol–water partition coefficient (Wildman–Crippen LogP) is 0.445. The highest BCUT2D eigenvalue weighted by Gasteiger charge is 2.19. The molecule has 0 aliphatic carbocycles. The van der Waals surface area contributed by atoms with E-state index in [0.717, 1.165) is 5.69 Å². The van der Waals surface area contributed by atoms with E-state index < -0.39 is 10.0 Å². The molecule has 2 aromatic rings. The average molecular weight is 287 g/mol. The third kappa shape index (κ3) is 2.52. The maximum Gasteiger partial charge on any atom is 0.265 e. The lowest BCUT2D eigenvalue weighted by molar-refractivity contribution is 0.601. The molecular formula is C9H13N5O2S2. The van der Waals surface area contributed by atoms with Crippen molar-refractivity contribution in [3.8, 4) is 0 Å². The van der Waals surface area contributed by atoms with Gasteiger partial charge in [0.05, 0.1) is 0 Å². The zero-order chi connectivity index (χ0) is 13.3. The summed E-state index contributed by atoms with van der Waals surface area (Å²) in [6.07, 6.45) is 1.51. The molecule has 0 radical (unpaired) electrons. The molecule has 7 nitrogen and oxygen atoms in total. The van der Waals surface area contributed by atoms with E-state index in [2.05, 4.69) is 14.9 Å². The molecule has 3 N–H and O–H groups in total. The summed E-state index contributed by atoms with van der Waals surface area (Å²) in [7, 11) is -1.88. The Hall–Kier alpha value is -1.45. The summed E-state index contributed by atoms with van der Waals surface area (Å²) in [6, 6.07) is 1.54. The number of aryl methyl sites for hydroxylation is 2. The molecule has 98 valence electrons. The number of nitrogens with one attached hydrogen (secondary N) is 1. The van der Waals surface area contributed by atoms with E-state index in [-0.39, 0.29) is 16.6 Å². The lowest BCUT2D eigenvalue weighted by Crippen LogP contribution is -2.12. The van der Waals surface area contributed by atoms with E-state index in [4.69, 9.17) is 5.73 Å². The molecule has 0 bridgehead atoms. The Morgan fingerprint density at radius 3 is 2.72 bits per heavy atom. The maximum atomic E-state index is 12.1. The SMILES string of the molecule is Cc1nnc(NS(=O)(=O)c2cc(CN)n(C)c2)s1. The first kappa shape index (κ1) is 13.0. The van der Waals surface area contributed by atoms with Crippen LogP contribution in [0.25, 0.3) is 0 Å². The van der Waals surface area contributed by atoms with Crippen LogP contribution >= 0.6 is 11.3 Å². The van der Waals surface area contributed by atoms with E-state index in [9.17, 15) is 8.42 Å². The minimum Gasteiger partial charge on any atom is -0.352 e. The summed E-state index contributed by atoms with van der Waals surface area (Å²) in [4.78, 5) is 0.165. The second-order valence-electron chi connectivity index (χ2n) is 3.71. The van der Waals surface area contributed by atoms with Crippen molar-refractivity contribution < 1.29 is 8.42 Å². The molecule has 0 saturated carbocycles. The van der Waals surface area contributed by atoms with Crippen LogP contribution in [0.2, 0.25) is 0 Å². The Morgan fingerprint density at radius 1 is 1.50 bits per heavy atom. The van der Waals surface area contributed by atoms with E-state index in [1.54, 1.807) is 18.5 Å². The Morgan fingerprint density at radius 2 is 2.22 bits per heavy atom. The van der Waals surface area contributed by atoms with Crippen molar-refractivity contribution in [3.05, 3.63) is 23.0 Å². The Bertz CT molecular complexity index is 658. The van der Waals surface area contributed by atoms with Gasteiger partial charge in [0.2, 0.25) is 5.13 Å². The van der Waals surface area contributed by atoms with E-state index in [1.165, 1.54) is 23.6 Å². The highest BCUT2D eigenvalue weighted by atomic mass is 32.2. The number of nitrogens with two attached hydrogens (primary N) is 1. The second kappa shape index (κ2) is 4.67. The van der Waals surface area contributed by atoms with Crippen LogP contribution in [0.4, 0.5) is 5.13 Å². The molecular weight excluding hydrogens is 274 g/mol. The third-order valence-electron chi connectivity index (χ3n) is 2.35. The zero-order valence-electron chi connectivity index (χ0n) is 9.91. The molecule has 0 amide bonds. The first-order valence-corrected chi connectivity index (χ1v) is 7.40. The second-order valence-corrected chi connectivity index (χ2v) is 6.58. The van der Waals surface area contributed by atoms with Gasteiger partial charge in [-0.15, -0.1) is 10.2 Å². The highest BCUT2D eigenvalue weighted by Crippen LogP contribution is 2.20. The van der Waals surface area contributed by atoms with Gasteiger partial charge in [-0.25, -0.2) is 8.42 Å². The summed E-state index contributed by atoms with van der Waals surface area (Å²) in [5.41, 5.74) is 6.25. The Kier molecular flexibility index (Phi) is 3.37. The molecule has 0 atom stereocenters. The number of hydrogen-bond donors (Lipinski definition) is 2. The Balaban J connectivity index is 2.30. The smallest absolute Gasteiger partial charge is 0.265 e. The van der Waals surface area contributed by atoms with Gasteiger partial charge in [-0.3, -0.25) is 4.72 Å². The molecule has 0 aliphatic rings. The molecule has 9 heteroatoms. The molecule has 0 aromatic carbocycles. The summed E-state index contributed by atoms with van der Waals surface area (Å²) < 4.78 is 28.2. The van der Waals surface area contributed by atoms with Crippen LogP contribution in [0, 0.1) is 6.92 Å². The van der Waals surface area contributed by atoms with Crippen LogP contribution in [0.15, 0.2) is 17.2 Å². The van der Waals surface area contributed by atoms with Gasteiger partial charge in [0.1, 0.15) is 9.90 Å². The summed E-state index contributed by atoms with van der Waals surface area (Å²) in [5, 5.41) is 8.43. The average Bonchev–Trinajstić information content (AvgIpc) is 2.84. The first-order chi connectivity index (χ1) is 8.42. The van der Waals surface area contributed by atoms with Crippen molar-refractivity contribution in [1.82, 2.24) is 14.8 Å². The van der Waals surface area contributed by atoms with Crippen LogP contribution in [0.5, 0.6) is 0 Å². The molecule has 0 fully saturated rings. The van der Waals surface area contributed by atoms with Crippen LogP contribution in [0.1, 0.15) is 10.7 Å². The van der Waals surface area contributed by atoms with E-state index >= 15 is 0 Å². The van der Waals surface area contributed by atoms with Crippen molar-refractivity contribution in [3.63, 3.8) is 0 Å². The van der Waals surface area contributed by atoms with Gasteiger partial charge >= 0.3 is 0 Å². The van der Waals surface area contributed by atoms with E-state index in [0.29, 0.717) is 5.01 Å². The van der Waals surface area contributed by atoms with E-state index in [1.807, 2.05) is 0 Å². The van der Waals surface area contributed by atoms with Crippen LogP contribution < -0.4 is 10.5 Å². The van der Waals surface area contributed by atoms with Gasteiger partial charge in [-0.2, -0.15) is 0 Å². The first-order valence-electron chi connectivity index (χ1n) is 5.10. The number of sulfonamides is 1. The van der Waals surface area contributed by atoms with Gasteiger partial charge in [0.25, 0.3) is 10.0 Å². The van der Waals surface area contributed by atoms with Gasteiger partial charge in [0.15, 0.2) is 0 Å². The molecule has 2 aromatic heterocycles. The van der Waals surface area contributed by atoms with Crippen LogP contribution in [0.3, 0.4) is 0 Å². The molecule has 0 aliphatic heterocycles. The fourth-order valence-electron chi connectivity index (χ4n) is 1.44. The van der Waals surface area contributed by atoms with Gasteiger partial charge in [0, 0.05) is 25.5 Å². The number of nitrogens with zero attached hydrogens (tertiary/aromatic N) is 3. The lowest BCUT2D eigenvalue weighted by Gasteiger charge is -2.00. The topological polar surface area (TPSA) is 103 Å². The third-order valence-corrected chi connectivity index (χ3v) is 4.54. The van der Waals surface area contributed by atoms with Gasteiger partial charge in [-0.1, -0.05) is 11.3 Å². The van der Waals surface area contributed by atoms with Crippen molar-refractivity contribution in [1.29, 1.82) is 0 Å². The quantitative estimate of drug-likeness (QED) is 0.849. The van der Waals surface area contributed by atoms with Crippen molar-refractivity contribution in [2.45, 2.75) is 18.4 Å². The molecule has 2 heterocycles. The molecule has 0 spiro atoms. The van der Waals surface area contributed by atoms with Crippen molar-refractivity contribution in [2.24, 2.45) is 12.8 Å². The van der Waals surface area contributed by atoms with Crippen LogP contribution in [-0.4, -0.2) is 23.2 Å². The highest BCUT2D eigenvalue weighted by molar-refractivity contribution is 7.93. The fourth-order valence-corrected chi connectivity index (χ4v) is 3.35. The number of rotatable bonds is 4. The summed E-state index contributed by atoms with van der Waals surface area (Å²) in [6.45, 7) is 2.04.